The number of carbonyl (C=O) groups excluding carboxylic acids is 1. The summed E-state index contributed by atoms with van der Waals surface area (Å²) in [7, 11) is 0. The van der Waals surface area contributed by atoms with Gasteiger partial charge in [-0.2, -0.15) is 0 Å². The predicted octanol–water partition coefficient (Wildman–Crippen LogP) is 1.53. The van der Waals surface area contributed by atoms with Crippen LogP contribution in [0.1, 0.15) is 23.6 Å². The van der Waals surface area contributed by atoms with E-state index >= 15 is 0 Å². The lowest BCUT2D eigenvalue weighted by molar-refractivity contribution is -0.121. The number of hydrazine groups is 1. The first kappa shape index (κ1) is 12.5. The molecule has 2 rings (SSSR count). The number of fused-ring (bicyclic) bond motifs is 1. The zero-order chi connectivity index (χ0) is 13.1. The highest BCUT2D eigenvalue weighted by Crippen LogP contribution is 2.22. The van der Waals surface area contributed by atoms with Gasteiger partial charge in [-0.1, -0.05) is 35.9 Å². The molecule has 0 saturated carbocycles. The lowest BCUT2D eigenvalue weighted by Crippen LogP contribution is -2.32. The highest BCUT2D eigenvalue weighted by atomic mass is 16.2. The van der Waals surface area contributed by atoms with Gasteiger partial charge in [0.1, 0.15) is 0 Å². The van der Waals surface area contributed by atoms with Crippen molar-refractivity contribution in [3.05, 3.63) is 47.5 Å². The minimum Gasteiger partial charge on any atom is -0.324 e. The number of nitrogens with one attached hydrogen (secondary N) is 1. The van der Waals surface area contributed by atoms with Gasteiger partial charge in [0.15, 0.2) is 0 Å². The first-order chi connectivity index (χ1) is 8.60. The van der Waals surface area contributed by atoms with Crippen molar-refractivity contribution in [1.82, 2.24) is 5.43 Å². The first-order valence-electron chi connectivity index (χ1n) is 5.85. The molecule has 0 fully saturated rings. The molecule has 4 nitrogen and oxygen atoms in total. The van der Waals surface area contributed by atoms with E-state index in [0.29, 0.717) is 0 Å². The standard InChI is InChI=1S/C14H17N3O/c1-9-2-3-11-7-12(5-4-10(11)6-9)13(15)8-14(18)17-16/h2-7,13H,8,15-16H2,1H3,(H,17,18). The minimum atomic E-state index is -0.334. The van der Waals surface area contributed by atoms with Crippen LogP contribution in [0.2, 0.25) is 0 Å². The molecule has 5 N–H and O–H groups in total. The smallest absolute Gasteiger partial charge is 0.235 e. The monoisotopic (exact) mass is 243 g/mol. The van der Waals surface area contributed by atoms with Gasteiger partial charge in [-0.3, -0.25) is 10.2 Å². The van der Waals surface area contributed by atoms with Gasteiger partial charge in [0.25, 0.3) is 0 Å². The molecule has 0 aliphatic heterocycles. The van der Waals surface area contributed by atoms with Crippen molar-refractivity contribution in [3.63, 3.8) is 0 Å². The molecule has 0 bridgehead atoms. The second-order valence-electron chi connectivity index (χ2n) is 4.49. The largest absolute Gasteiger partial charge is 0.324 e. The molecular weight excluding hydrogens is 226 g/mol. The fraction of sp³-hybridized carbons (Fsp3) is 0.214. The van der Waals surface area contributed by atoms with E-state index in [1.54, 1.807) is 0 Å². The van der Waals surface area contributed by atoms with E-state index in [9.17, 15) is 4.79 Å². The summed E-state index contributed by atoms with van der Waals surface area (Å²) in [5.74, 6) is 4.79. The Kier molecular flexibility index (Phi) is 3.60. The average molecular weight is 243 g/mol. The van der Waals surface area contributed by atoms with Crippen LogP contribution in [0.5, 0.6) is 0 Å². The fourth-order valence-corrected chi connectivity index (χ4v) is 1.99. The summed E-state index contributed by atoms with van der Waals surface area (Å²) >= 11 is 0. The number of hydrogen-bond donors (Lipinski definition) is 3. The Labute approximate surface area is 106 Å². The summed E-state index contributed by atoms with van der Waals surface area (Å²) in [5, 5.41) is 2.30. The van der Waals surface area contributed by atoms with Crippen LogP contribution in [0, 0.1) is 6.92 Å². The third-order valence-corrected chi connectivity index (χ3v) is 3.01. The highest BCUT2D eigenvalue weighted by Gasteiger charge is 2.11. The number of rotatable bonds is 3. The van der Waals surface area contributed by atoms with Crippen LogP contribution < -0.4 is 17.0 Å². The maximum Gasteiger partial charge on any atom is 0.235 e. The molecule has 1 amide bonds. The maximum absolute atomic E-state index is 11.2. The quantitative estimate of drug-likeness (QED) is 0.434. The molecule has 2 aromatic carbocycles. The Balaban J connectivity index is 2.29. The van der Waals surface area contributed by atoms with Gasteiger partial charge >= 0.3 is 0 Å². The van der Waals surface area contributed by atoms with Gasteiger partial charge in [-0.25, -0.2) is 5.84 Å². The lowest BCUT2D eigenvalue weighted by Gasteiger charge is -2.12. The number of amides is 1. The van der Waals surface area contributed by atoms with Gasteiger partial charge in [0.05, 0.1) is 0 Å². The zero-order valence-electron chi connectivity index (χ0n) is 10.3. The van der Waals surface area contributed by atoms with E-state index in [0.717, 1.165) is 10.9 Å². The Morgan fingerprint density at radius 3 is 2.61 bits per heavy atom. The van der Waals surface area contributed by atoms with E-state index < -0.39 is 0 Å². The average Bonchev–Trinajstić information content (AvgIpc) is 2.37. The number of aryl methyl sites for hydroxylation is 1. The van der Waals surface area contributed by atoms with Crippen LogP contribution in [0.3, 0.4) is 0 Å². The molecule has 0 aromatic heterocycles. The molecular formula is C14H17N3O. The first-order valence-corrected chi connectivity index (χ1v) is 5.85. The van der Waals surface area contributed by atoms with E-state index in [2.05, 4.69) is 30.5 Å². The van der Waals surface area contributed by atoms with Gasteiger partial charge in [0.2, 0.25) is 5.91 Å². The van der Waals surface area contributed by atoms with Crippen LogP contribution in [0.25, 0.3) is 10.8 Å². The van der Waals surface area contributed by atoms with Crippen molar-refractivity contribution in [3.8, 4) is 0 Å². The molecule has 0 aliphatic rings. The molecule has 1 unspecified atom stereocenters. The predicted molar refractivity (Wildman–Crippen MR) is 72.6 cm³/mol. The van der Waals surface area contributed by atoms with E-state index in [4.69, 9.17) is 11.6 Å². The van der Waals surface area contributed by atoms with Crippen molar-refractivity contribution in [2.24, 2.45) is 11.6 Å². The molecule has 94 valence electrons. The Bertz CT molecular complexity index is 580. The van der Waals surface area contributed by atoms with Crippen LogP contribution >= 0.6 is 0 Å². The zero-order valence-corrected chi connectivity index (χ0v) is 10.3. The number of nitrogens with two attached hydrogens (primary N) is 2. The molecule has 0 saturated heterocycles. The Morgan fingerprint density at radius 1 is 1.22 bits per heavy atom. The second kappa shape index (κ2) is 5.16. The number of hydrogen-bond acceptors (Lipinski definition) is 3. The van der Waals surface area contributed by atoms with Crippen molar-refractivity contribution >= 4 is 16.7 Å². The molecule has 0 spiro atoms. The summed E-state index contributed by atoms with van der Waals surface area (Å²) in [6.45, 7) is 2.06. The second-order valence-corrected chi connectivity index (χ2v) is 4.49. The molecule has 0 radical (unpaired) electrons. The van der Waals surface area contributed by atoms with Crippen LogP contribution in [-0.4, -0.2) is 5.91 Å². The van der Waals surface area contributed by atoms with Crippen LogP contribution in [-0.2, 0) is 4.79 Å². The highest BCUT2D eigenvalue weighted by molar-refractivity contribution is 5.84. The van der Waals surface area contributed by atoms with E-state index in [1.807, 2.05) is 18.2 Å². The van der Waals surface area contributed by atoms with Gasteiger partial charge < -0.3 is 5.73 Å². The Hall–Kier alpha value is -1.91. The molecule has 0 heterocycles. The molecule has 4 heteroatoms. The minimum absolute atomic E-state index is 0.188. The number of benzene rings is 2. The van der Waals surface area contributed by atoms with Crippen LogP contribution in [0.4, 0.5) is 0 Å². The summed E-state index contributed by atoms with van der Waals surface area (Å²) < 4.78 is 0. The van der Waals surface area contributed by atoms with Gasteiger partial charge in [0, 0.05) is 12.5 Å². The normalized spacial score (nSPS) is 12.4. The fourth-order valence-electron chi connectivity index (χ4n) is 1.99. The van der Waals surface area contributed by atoms with Crippen molar-refractivity contribution in [1.29, 1.82) is 0 Å². The molecule has 18 heavy (non-hydrogen) atoms. The summed E-state index contributed by atoms with van der Waals surface area (Å²) in [5.41, 5.74) is 10.2. The van der Waals surface area contributed by atoms with Crippen LogP contribution in [0.15, 0.2) is 36.4 Å². The van der Waals surface area contributed by atoms with Gasteiger partial charge in [-0.15, -0.1) is 0 Å². The molecule has 2 aromatic rings. The van der Waals surface area contributed by atoms with Gasteiger partial charge in [-0.05, 0) is 29.3 Å². The third kappa shape index (κ3) is 2.67. The summed E-state index contributed by atoms with van der Waals surface area (Å²) in [4.78, 5) is 11.2. The van der Waals surface area contributed by atoms with E-state index in [1.165, 1.54) is 10.9 Å². The number of carbonyl (C=O) groups is 1. The van der Waals surface area contributed by atoms with E-state index in [-0.39, 0.29) is 18.4 Å². The van der Waals surface area contributed by atoms with Crippen molar-refractivity contribution in [2.45, 2.75) is 19.4 Å². The summed E-state index contributed by atoms with van der Waals surface area (Å²) in [6, 6.07) is 11.9. The third-order valence-electron chi connectivity index (χ3n) is 3.01. The van der Waals surface area contributed by atoms with Crippen molar-refractivity contribution < 1.29 is 4.79 Å². The topological polar surface area (TPSA) is 81.1 Å². The molecule has 1 atom stereocenters. The lowest BCUT2D eigenvalue weighted by atomic mass is 9.99. The van der Waals surface area contributed by atoms with Crippen molar-refractivity contribution in [2.75, 3.05) is 0 Å². The SMILES string of the molecule is Cc1ccc2cc(C(N)CC(=O)NN)ccc2c1. The Morgan fingerprint density at radius 2 is 1.89 bits per heavy atom. The maximum atomic E-state index is 11.2. The summed E-state index contributed by atoms with van der Waals surface area (Å²) in [6.07, 6.45) is 0.188. The molecule has 0 aliphatic carbocycles.